The Labute approximate surface area is 179 Å². The van der Waals surface area contributed by atoms with Gasteiger partial charge in [-0.05, 0) is 37.3 Å². The predicted molar refractivity (Wildman–Crippen MR) is 114 cm³/mol. The van der Waals surface area contributed by atoms with E-state index in [0.717, 1.165) is 22.6 Å². The molecule has 0 bridgehead atoms. The van der Waals surface area contributed by atoms with E-state index in [4.69, 9.17) is 26.2 Å². The second kappa shape index (κ2) is 7.54. The lowest BCUT2D eigenvalue weighted by Gasteiger charge is -2.38. The molecule has 0 saturated heterocycles. The zero-order valence-corrected chi connectivity index (χ0v) is 17.1. The van der Waals surface area contributed by atoms with Gasteiger partial charge in [0.2, 0.25) is 6.23 Å². The number of phenols is 1. The van der Waals surface area contributed by atoms with E-state index in [2.05, 4.69) is 4.98 Å². The van der Waals surface area contributed by atoms with Gasteiger partial charge in [-0.1, -0.05) is 29.8 Å². The van der Waals surface area contributed by atoms with Gasteiger partial charge in [-0.25, -0.2) is 5.01 Å². The SMILES string of the molecule is CCOc1cccc2c1OC(c1cccnc1)N1N=C(c3cc(Cl)ccc3O)CC21. The molecule has 1 aromatic heterocycles. The van der Waals surface area contributed by atoms with E-state index in [-0.39, 0.29) is 11.8 Å². The van der Waals surface area contributed by atoms with Crippen LogP contribution < -0.4 is 9.47 Å². The molecule has 3 aromatic rings. The van der Waals surface area contributed by atoms with E-state index in [9.17, 15) is 5.11 Å². The Kier molecular flexibility index (Phi) is 4.71. The van der Waals surface area contributed by atoms with E-state index >= 15 is 0 Å². The number of rotatable bonds is 4. The maximum atomic E-state index is 10.4. The quantitative estimate of drug-likeness (QED) is 0.636. The third-order valence-corrected chi connectivity index (χ3v) is 5.55. The van der Waals surface area contributed by atoms with Gasteiger partial charge in [0.15, 0.2) is 11.5 Å². The van der Waals surface area contributed by atoms with Crippen molar-refractivity contribution in [2.24, 2.45) is 5.10 Å². The molecule has 2 aromatic carbocycles. The molecule has 2 aliphatic heterocycles. The zero-order valence-electron chi connectivity index (χ0n) is 16.3. The molecule has 2 unspecified atom stereocenters. The van der Waals surface area contributed by atoms with Crippen molar-refractivity contribution in [2.45, 2.75) is 25.6 Å². The minimum Gasteiger partial charge on any atom is -0.507 e. The monoisotopic (exact) mass is 421 g/mol. The van der Waals surface area contributed by atoms with E-state index in [1.165, 1.54) is 0 Å². The van der Waals surface area contributed by atoms with E-state index < -0.39 is 6.23 Å². The van der Waals surface area contributed by atoms with E-state index in [1.807, 2.05) is 42.3 Å². The van der Waals surface area contributed by atoms with Gasteiger partial charge < -0.3 is 14.6 Å². The number of benzene rings is 2. The molecular weight excluding hydrogens is 402 g/mol. The molecule has 5 rings (SSSR count). The molecular formula is C23H20ClN3O3. The first-order valence-corrected chi connectivity index (χ1v) is 10.2. The van der Waals surface area contributed by atoms with Crippen LogP contribution in [0.3, 0.4) is 0 Å². The number of fused-ring (bicyclic) bond motifs is 3. The summed E-state index contributed by atoms with van der Waals surface area (Å²) in [4.78, 5) is 4.25. The van der Waals surface area contributed by atoms with Crippen molar-refractivity contribution in [1.29, 1.82) is 0 Å². The fourth-order valence-corrected chi connectivity index (χ4v) is 4.17. The summed E-state index contributed by atoms with van der Waals surface area (Å²) in [6, 6.07) is 14.7. The number of nitrogens with zero attached hydrogens (tertiary/aromatic N) is 3. The molecule has 0 radical (unpaired) electrons. The lowest BCUT2D eigenvalue weighted by molar-refractivity contribution is -0.0214. The molecule has 2 aliphatic rings. The van der Waals surface area contributed by atoms with Crippen LogP contribution in [0.1, 0.15) is 42.3 Å². The minimum absolute atomic E-state index is 0.0623. The van der Waals surface area contributed by atoms with Crippen molar-refractivity contribution in [3.63, 3.8) is 0 Å². The maximum Gasteiger partial charge on any atom is 0.215 e. The number of aromatic nitrogens is 1. The fourth-order valence-electron chi connectivity index (χ4n) is 4.00. The zero-order chi connectivity index (χ0) is 20.7. The summed E-state index contributed by atoms with van der Waals surface area (Å²) in [6.45, 7) is 2.50. The van der Waals surface area contributed by atoms with Crippen LogP contribution in [0, 0.1) is 0 Å². The van der Waals surface area contributed by atoms with Crippen LogP contribution in [0.2, 0.25) is 5.02 Å². The Bertz CT molecular complexity index is 1120. The molecule has 0 fully saturated rings. The van der Waals surface area contributed by atoms with Crippen molar-refractivity contribution >= 4 is 17.3 Å². The van der Waals surface area contributed by atoms with Crippen molar-refractivity contribution in [3.05, 3.63) is 82.6 Å². The summed E-state index contributed by atoms with van der Waals surface area (Å²) in [6.07, 6.45) is 3.65. The van der Waals surface area contributed by atoms with Crippen LogP contribution in [0.15, 0.2) is 66.0 Å². The maximum absolute atomic E-state index is 10.4. The van der Waals surface area contributed by atoms with Crippen LogP contribution in [0.4, 0.5) is 0 Å². The highest BCUT2D eigenvalue weighted by Crippen LogP contribution is 2.51. The molecule has 0 aliphatic carbocycles. The highest BCUT2D eigenvalue weighted by molar-refractivity contribution is 6.31. The van der Waals surface area contributed by atoms with Gasteiger partial charge >= 0.3 is 0 Å². The van der Waals surface area contributed by atoms with Gasteiger partial charge in [-0.15, -0.1) is 0 Å². The molecule has 152 valence electrons. The van der Waals surface area contributed by atoms with Crippen molar-refractivity contribution in [1.82, 2.24) is 9.99 Å². The van der Waals surface area contributed by atoms with Crippen molar-refractivity contribution < 1.29 is 14.6 Å². The first kappa shape index (κ1) is 18.8. The molecule has 1 N–H and O–H groups in total. The van der Waals surface area contributed by atoms with Gasteiger partial charge in [-0.3, -0.25) is 4.98 Å². The van der Waals surface area contributed by atoms with Gasteiger partial charge in [0, 0.05) is 40.5 Å². The summed E-state index contributed by atoms with van der Waals surface area (Å²) >= 11 is 6.18. The molecule has 3 heterocycles. The molecule has 30 heavy (non-hydrogen) atoms. The summed E-state index contributed by atoms with van der Waals surface area (Å²) < 4.78 is 12.2. The van der Waals surface area contributed by atoms with Gasteiger partial charge in [0.05, 0.1) is 18.4 Å². The lowest BCUT2D eigenvalue weighted by atomic mass is 9.95. The van der Waals surface area contributed by atoms with Crippen LogP contribution in [-0.2, 0) is 0 Å². The van der Waals surface area contributed by atoms with Crippen molar-refractivity contribution in [3.8, 4) is 17.2 Å². The average molecular weight is 422 g/mol. The Morgan fingerprint density at radius 3 is 2.93 bits per heavy atom. The van der Waals surface area contributed by atoms with Crippen LogP contribution >= 0.6 is 11.6 Å². The highest BCUT2D eigenvalue weighted by Gasteiger charge is 2.42. The number of phenolic OH excluding ortho intramolecular Hbond substituents is 1. The summed E-state index contributed by atoms with van der Waals surface area (Å²) in [7, 11) is 0. The average Bonchev–Trinajstić information content (AvgIpc) is 3.21. The Balaban J connectivity index is 1.63. The molecule has 6 nitrogen and oxygen atoms in total. The van der Waals surface area contributed by atoms with Gasteiger partial charge in [-0.2, -0.15) is 5.10 Å². The predicted octanol–water partition coefficient (Wildman–Crippen LogP) is 5.08. The molecule has 0 spiro atoms. The Hall–Kier alpha value is -3.25. The second-order valence-electron chi connectivity index (χ2n) is 7.17. The second-order valence-corrected chi connectivity index (χ2v) is 7.61. The molecule has 7 heteroatoms. The minimum atomic E-state index is -0.461. The number of hydrogen-bond acceptors (Lipinski definition) is 6. The number of aromatic hydroxyl groups is 1. The first-order chi connectivity index (χ1) is 14.7. The van der Waals surface area contributed by atoms with E-state index in [1.54, 1.807) is 30.6 Å². The third-order valence-electron chi connectivity index (χ3n) is 5.32. The lowest BCUT2D eigenvalue weighted by Crippen LogP contribution is -2.34. The number of hydrogen-bond donors (Lipinski definition) is 1. The number of pyridine rings is 1. The number of para-hydroxylation sites is 1. The summed E-state index contributed by atoms with van der Waals surface area (Å²) in [5.41, 5.74) is 3.28. The number of ether oxygens (including phenoxy) is 2. The molecule has 0 amide bonds. The van der Waals surface area contributed by atoms with Gasteiger partial charge in [0.25, 0.3) is 0 Å². The number of hydrazone groups is 1. The van der Waals surface area contributed by atoms with Crippen LogP contribution in [0.25, 0.3) is 0 Å². The van der Waals surface area contributed by atoms with Crippen LogP contribution in [-0.4, -0.2) is 27.4 Å². The Morgan fingerprint density at radius 2 is 2.13 bits per heavy atom. The standard InChI is InChI=1S/C23H20ClN3O3/c1-2-29-21-7-3-6-16-19-12-18(17-11-15(24)8-9-20(17)28)26-27(19)23(30-22(16)21)14-5-4-10-25-13-14/h3-11,13,19,23,28H,2,12H2,1H3. The number of halogens is 1. The smallest absolute Gasteiger partial charge is 0.215 e. The molecule has 2 atom stereocenters. The summed E-state index contributed by atoms with van der Waals surface area (Å²) in [5, 5.41) is 17.7. The Morgan fingerprint density at radius 1 is 1.23 bits per heavy atom. The first-order valence-electron chi connectivity index (χ1n) is 9.82. The highest BCUT2D eigenvalue weighted by atomic mass is 35.5. The van der Waals surface area contributed by atoms with Crippen molar-refractivity contribution in [2.75, 3.05) is 6.61 Å². The fraction of sp³-hybridized carbons (Fsp3) is 0.217. The summed E-state index contributed by atoms with van der Waals surface area (Å²) in [5.74, 6) is 1.59. The topological polar surface area (TPSA) is 67.2 Å². The van der Waals surface area contributed by atoms with Gasteiger partial charge in [0.1, 0.15) is 5.75 Å². The van der Waals surface area contributed by atoms with E-state index in [0.29, 0.717) is 29.4 Å². The third kappa shape index (κ3) is 3.13. The largest absolute Gasteiger partial charge is 0.507 e. The normalized spacial score (nSPS) is 19.5. The molecule has 0 saturated carbocycles. The van der Waals surface area contributed by atoms with Crippen LogP contribution in [0.5, 0.6) is 17.2 Å².